The first-order valence-electron chi connectivity index (χ1n) is 2.94. The smallest absolute Gasteiger partial charge is 0.170 e. The molecule has 2 rings (SSSR count). The second kappa shape index (κ2) is 0.925. The molecule has 1 aliphatic carbocycles. The van der Waals surface area contributed by atoms with E-state index in [9.17, 15) is 0 Å². The molecule has 0 aromatic rings. The summed E-state index contributed by atoms with van der Waals surface area (Å²) in [6, 6.07) is 0.475. The maximum atomic E-state index is 5.23. The van der Waals surface area contributed by atoms with Crippen molar-refractivity contribution in [1.82, 2.24) is 0 Å². The molecule has 0 saturated heterocycles. The molecule has 8 heavy (non-hydrogen) atoms. The Morgan fingerprint density at radius 2 is 2.50 bits per heavy atom. The maximum Gasteiger partial charge on any atom is 0.170 e. The first-order chi connectivity index (χ1) is 3.75. The van der Waals surface area contributed by atoms with Gasteiger partial charge in [0.15, 0.2) is 6.40 Å². The molecule has 0 spiro atoms. The Labute approximate surface area is 48.6 Å². The molecule has 2 unspecified atom stereocenters. The first-order valence-corrected chi connectivity index (χ1v) is 2.94. The van der Waals surface area contributed by atoms with E-state index in [2.05, 4.69) is 18.8 Å². The Hall–Kier alpha value is -0.530. The second-order valence-corrected chi connectivity index (χ2v) is 2.79. The van der Waals surface area contributed by atoms with Crippen LogP contribution in [-0.2, 0) is 4.74 Å². The zero-order chi connectivity index (χ0) is 5.78. The fourth-order valence-corrected chi connectivity index (χ4v) is 1.33. The average Bonchev–Trinajstić information content (AvgIpc) is 2.23. The van der Waals surface area contributed by atoms with Crippen LogP contribution in [-0.4, -0.2) is 18.0 Å². The number of aliphatic imine (C=N–C) groups is 1. The van der Waals surface area contributed by atoms with Gasteiger partial charge in [-0.3, -0.25) is 4.99 Å². The molecule has 3 atom stereocenters. The summed E-state index contributed by atoms with van der Waals surface area (Å²) in [7, 11) is 0. The topological polar surface area (TPSA) is 21.6 Å². The minimum absolute atomic E-state index is 0.0972. The maximum absolute atomic E-state index is 5.23. The molecule has 0 N–H and O–H groups in total. The highest BCUT2D eigenvalue weighted by Gasteiger charge is 2.63. The molecule has 2 aliphatic rings. The van der Waals surface area contributed by atoms with Gasteiger partial charge in [-0.05, 0) is 6.92 Å². The van der Waals surface area contributed by atoms with E-state index >= 15 is 0 Å². The first kappa shape index (κ1) is 4.36. The van der Waals surface area contributed by atoms with Crippen LogP contribution in [0.4, 0.5) is 0 Å². The Bertz CT molecular complexity index is 155. The third-order valence-electron chi connectivity index (χ3n) is 2.38. The Morgan fingerprint density at radius 1 is 1.75 bits per heavy atom. The Kier molecular flexibility index (Phi) is 0.504. The van der Waals surface area contributed by atoms with E-state index in [0.29, 0.717) is 12.0 Å². The number of ether oxygens (including phenoxy) is 1. The quantitative estimate of drug-likeness (QED) is 0.453. The summed E-state index contributed by atoms with van der Waals surface area (Å²) in [4.78, 5) is 4.12. The molecule has 0 bridgehead atoms. The number of hydrogen-bond donors (Lipinski definition) is 0. The lowest BCUT2D eigenvalue weighted by molar-refractivity contribution is 0.191. The predicted octanol–water partition coefficient (Wildman–Crippen LogP) is 0.822. The van der Waals surface area contributed by atoms with Crippen LogP contribution in [0.15, 0.2) is 4.99 Å². The standard InChI is InChI=1S/C6H9NO/c1-4-5-6(4,2)8-3-7-5/h3-5H,1-2H3/t4?,5?,6-/m1/s1. The van der Waals surface area contributed by atoms with Crippen molar-refractivity contribution in [2.45, 2.75) is 25.5 Å². The van der Waals surface area contributed by atoms with Crippen LogP contribution in [0.2, 0.25) is 0 Å². The summed E-state index contributed by atoms with van der Waals surface area (Å²) in [5, 5.41) is 0. The summed E-state index contributed by atoms with van der Waals surface area (Å²) in [5.41, 5.74) is 0.0972. The molecule has 1 aliphatic heterocycles. The third kappa shape index (κ3) is 0.261. The number of fused-ring (bicyclic) bond motifs is 1. The van der Waals surface area contributed by atoms with Crippen LogP contribution >= 0.6 is 0 Å². The summed E-state index contributed by atoms with van der Waals surface area (Å²) >= 11 is 0. The minimum Gasteiger partial charge on any atom is -0.475 e. The zero-order valence-electron chi connectivity index (χ0n) is 5.09. The molecule has 1 fully saturated rings. The van der Waals surface area contributed by atoms with Crippen LogP contribution in [0.3, 0.4) is 0 Å². The minimum atomic E-state index is 0.0972. The fraction of sp³-hybridized carbons (Fsp3) is 0.833. The molecular formula is C6H9NO. The van der Waals surface area contributed by atoms with Crippen LogP contribution < -0.4 is 0 Å². The zero-order valence-corrected chi connectivity index (χ0v) is 5.09. The van der Waals surface area contributed by atoms with Crippen molar-refractivity contribution in [3.63, 3.8) is 0 Å². The van der Waals surface area contributed by atoms with Gasteiger partial charge in [0.2, 0.25) is 0 Å². The lowest BCUT2D eigenvalue weighted by Gasteiger charge is -2.02. The normalized spacial score (nSPS) is 57.8. The van der Waals surface area contributed by atoms with Crippen molar-refractivity contribution in [2.75, 3.05) is 0 Å². The van der Waals surface area contributed by atoms with E-state index < -0.39 is 0 Å². The second-order valence-electron chi connectivity index (χ2n) is 2.79. The lowest BCUT2D eigenvalue weighted by Crippen LogP contribution is -2.08. The van der Waals surface area contributed by atoms with Crippen molar-refractivity contribution < 1.29 is 4.74 Å². The van der Waals surface area contributed by atoms with Crippen LogP contribution in [0.5, 0.6) is 0 Å². The van der Waals surface area contributed by atoms with E-state index in [4.69, 9.17) is 4.74 Å². The van der Waals surface area contributed by atoms with E-state index in [1.165, 1.54) is 0 Å². The van der Waals surface area contributed by atoms with E-state index in [-0.39, 0.29) is 5.60 Å². The SMILES string of the molecule is CC1C2N=CO[C@]12C. The molecule has 2 heteroatoms. The molecule has 0 aromatic carbocycles. The molecule has 0 aromatic heterocycles. The molecule has 44 valence electrons. The van der Waals surface area contributed by atoms with E-state index in [1.54, 1.807) is 6.40 Å². The summed E-state index contributed by atoms with van der Waals surface area (Å²) in [6.45, 7) is 4.27. The summed E-state index contributed by atoms with van der Waals surface area (Å²) in [5.74, 6) is 0.646. The van der Waals surface area contributed by atoms with Gasteiger partial charge in [0.05, 0.1) is 6.04 Å². The summed E-state index contributed by atoms with van der Waals surface area (Å²) < 4.78 is 5.23. The van der Waals surface area contributed by atoms with Crippen molar-refractivity contribution >= 4 is 6.40 Å². The van der Waals surface area contributed by atoms with Gasteiger partial charge in [0.25, 0.3) is 0 Å². The monoisotopic (exact) mass is 111 g/mol. The predicted molar refractivity (Wildman–Crippen MR) is 30.9 cm³/mol. The van der Waals surface area contributed by atoms with Gasteiger partial charge in [-0.2, -0.15) is 0 Å². The van der Waals surface area contributed by atoms with Crippen LogP contribution in [0.25, 0.3) is 0 Å². The highest BCUT2D eigenvalue weighted by molar-refractivity contribution is 5.55. The van der Waals surface area contributed by atoms with E-state index in [0.717, 1.165) is 0 Å². The van der Waals surface area contributed by atoms with Crippen LogP contribution in [0, 0.1) is 5.92 Å². The van der Waals surface area contributed by atoms with Crippen molar-refractivity contribution in [3.05, 3.63) is 0 Å². The average molecular weight is 111 g/mol. The van der Waals surface area contributed by atoms with Gasteiger partial charge in [-0.1, -0.05) is 6.92 Å². The number of nitrogens with zero attached hydrogens (tertiary/aromatic N) is 1. The van der Waals surface area contributed by atoms with Gasteiger partial charge in [0, 0.05) is 5.92 Å². The molecule has 1 heterocycles. The van der Waals surface area contributed by atoms with Crippen molar-refractivity contribution in [2.24, 2.45) is 10.9 Å². The van der Waals surface area contributed by atoms with Crippen molar-refractivity contribution in [3.8, 4) is 0 Å². The van der Waals surface area contributed by atoms with Gasteiger partial charge < -0.3 is 4.74 Å². The molecule has 0 amide bonds. The van der Waals surface area contributed by atoms with E-state index in [1.807, 2.05) is 0 Å². The Morgan fingerprint density at radius 3 is 2.75 bits per heavy atom. The van der Waals surface area contributed by atoms with Gasteiger partial charge in [-0.25, -0.2) is 0 Å². The lowest BCUT2D eigenvalue weighted by atomic mass is 10.3. The Balaban J connectivity index is 2.27. The molecule has 0 radical (unpaired) electrons. The highest BCUT2D eigenvalue weighted by Crippen LogP contribution is 2.51. The van der Waals surface area contributed by atoms with Crippen LogP contribution in [0.1, 0.15) is 13.8 Å². The number of rotatable bonds is 0. The molecule has 1 saturated carbocycles. The van der Waals surface area contributed by atoms with Gasteiger partial charge >= 0.3 is 0 Å². The van der Waals surface area contributed by atoms with Gasteiger partial charge in [0.1, 0.15) is 5.60 Å². The van der Waals surface area contributed by atoms with Gasteiger partial charge in [-0.15, -0.1) is 0 Å². The summed E-state index contributed by atoms with van der Waals surface area (Å²) in [6.07, 6.45) is 1.57. The fourth-order valence-electron chi connectivity index (χ4n) is 1.33. The largest absolute Gasteiger partial charge is 0.475 e. The molecular weight excluding hydrogens is 102 g/mol. The highest BCUT2D eigenvalue weighted by atomic mass is 16.5. The van der Waals surface area contributed by atoms with Crippen molar-refractivity contribution in [1.29, 1.82) is 0 Å². The number of hydrogen-bond acceptors (Lipinski definition) is 2. The third-order valence-corrected chi connectivity index (χ3v) is 2.38. The molecule has 2 nitrogen and oxygen atoms in total.